The van der Waals surface area contributed by atoms with Gasteiger partial charge in [-0.05, 0) is 6.92 Å². The van der Waals surface area contributed by atoms with Crippen molar-refractivity contribution in [1.82, 2.24) is 4.98 Å². The highest BCUT2D eigenvalue weighted by atomic mass is 32.1. The zero-order chi connectivity index (χ0) is 11.5. The fourth-order valence-corrected chi connectivity index (χ4v) is 2.24. The Morgan fingerprint density at radius 2 is 2.12 bits per heavy atom. The molecule has 0 saturated heterocycles. The van der Waals surface area contributed by atoms with Gasteiger partial charge in [-0.25, -0.2) is 4.98 Å². The molecular formula is C12H9NO2S. The topological polar surface area (TPSA) is 47.0 Å². The van der Waals surface area contributed by atoms with E-state index in [1.165, 1.54) is 18.3 Å². The molecule has 0 aliphatic carbocycles. The highest BCUT2D eigenvalue weighted by Gasteiger charge is 2.11. The highest BCUT2D eigenvalue weighted by molar-refractivity contribution is 7.13. The first-order chi connectivity index (χ1) is 7.72. The van der Waals surface area contributed by atoms with E-state index in [0.717, 1.165) is 5.56 Å². The smallest absolute Gasteiger partial charge is 0.169 e. The van der Waals surface area contributed by atoms with Crippen molar-refractivity contribution in [2.75, 3.05) is 0 Å². The van der Waals surface area contributed by atoms with E-state index in [1.807, 2.05) is 18.2 Å². The molecule has 80 valence electrons. The molecule has 0 fully saturated rings. The van der Waals surface area contributed by atoms with Gasteiger partial charge in [-0.1, -0.05) is 24.3 Å². The summed E-state index contributed by atoms with van der Waals surface area (Å²) in [5.41, 5.74) is 1.82. The van der Waals surface area contributed by atoms with Crippen molar-refractivity contribution in [3.8, 4) is 10.6 Å². The molecule has 0 N–H and O–H groups in total. The lowest BCUT2D eigenvalue weighted by Crippen LogP contribution is -1.95. The van der Waals surface area contributed by atoms with Gasteiger partial charge < -0.3 is 0 Å². The first kappa shape index (κ1) is 10.7. The van der Waals surface area contributed by atoms with E-state index in [4.69, 9.17) is 0 Å². The van der Waals surface area contributed by atoms with Gasteiger partial charge in [-0.15, -0.1) is 11.3 Å². The van der Waals surface area contributed by atoms with Gasteiger partial charge in [-0.3, -0.25) is 9.59 Å². The number of ketones is 1. The van der Waals surface area contributed by atoms with Crippen LogP contribution in [0.1, 0.15) is 27.8 Å². The minimum atomic E-state index is -0.00143. The Kier molecular flexibility index (Phi) is 2.92. The minimum absolute atomic E-state index is 0.00143. The fourth-order valence-electron chi connectivity index (χ4n) is 1.44. The molecule has 1 aromatic heterocycles. The van der Waals surface area contributed by atoms with Crippen molar-refractivity contribution >= 4 is 23.4 Å². The third-order valence-electron chi connectivity index (χ3n) is 2.18. The van der Waals surface area contributed by atoms with Crippen LogP contribution in [-0.2, 0) is 0 Å². The molecule has 0 bridgehead atoms. The van der Waals surface area contributed by atoms with Crippen LogP contribution in [0.2, 0.25) is 0 Å². The monoisotopic (exact) mass is 231 g/mol. The summed E-state index contributed by atoms with van der Waals surface area (Å²) in [6.45, 7) is 1.52. The molecule has 3 nitrogen and oxygen atoms in total. The number of Topliss-reactive ketones (excluding diaryl/α,β-unsaturated/α-hetero) is 1. The summed E-state index contributed by atoms with van der Waals surface area (Å²) in [6.07, 6.45) is 0.705. The molecule has 0 aliphatic rings. The third kappa shape index (κ3) is 1.92. The Bertz CT molecular complexity index is 545. The molecule has 0 amide bonds. The Balaban J connectivity index is 2.54. The maximum Gasteiger partial charge on any atom is 0.169 e. The van der Waals surface area contributed by atoms with Crippen LogP contribution in [-0.4, -0.2) is 17.1 Å². The Hall–Kier alpha value is -1.81. The normalized spacial score (nSPS) is 10.1. The number of aromatic nitrogens is 1. The quantitative estimate of drug-likeness (QED) is 0.602. The maximum absolute atomic E-state index is 11.4. The van der Waals surface area contributed by atoms with Crippen molar-refractivity contribution in [3.05, 3.63) is 40.9 Å². The second-order valence-electron chi connectivity index (χ2n) is 3.30. The van der Waals surface area contributed by atoms with Crippen LogP contribution < -0.4 is 0 Å². The fraction of sp³-hybridized carbons (Fsp3) is 0.0833. The molecule has 0 radical (unpaired) electrons. The lowest BCUT2D eigenvalue weighted by atomic mass is 10.1. The predicted molar refractivity (Wildman–Crippen MR) is 62.9 cm³/mol. The van der Waals surface area contributed by atoms with E-state index in [9.17, 15) is 9.59 Å². The van der Waals surface area contributed by atoms with Crippen molar-refractivity contribution in [1.29, 1.82) is 0 Å². The molecule has 0 atom stereocenters. The van der Waals surface area contributed by atoms with Gasteiger partial charge in [-0.2, -0.15) is 0 Å². The summed E-state index contributed by atoms with van der Waals surface area (Å²) in [6, 6.07) is 7.27. The van der Waals surface area contributed by atoms with E-state index in [1.54, 1.807) is 11.4 Å². The number of carbonyl (C=O) groups is 2. The van der Waals surface area contributed by atoms with Crippen LogP contribution in [0.25, 0.3) is 10.6 Å². The highest BCUT2D eigenvalue weighted by Crippen LogP contribution is 2.26. The molecule has 0 aliphatic heterocycles. The number of benzene rings is 1. The summed E-state index contributed by atoms with van der Waals surface area (Å²) in [5.74, 6) is -0.00143. The lowest BCUT2D eigenvalue weighted by molar-refractivity contribution is 0.101. The first-order valence-corrected chi connectivity index (χ1v) is 5.61. The van der Waals surface area contributed by atoms with Gasteiger partial charge in [0.2, 0.25) is 0 Å². The first-order valence-electron chi connectivity index (χ1n) is 4.73. The molecule has 1 heterocycles. The van der Waals surface area contributed by atoms with Gasteiger partial charge in [0.15, 0.2) is 12.1 Å². The van der Waals surface area contributed by atoms with Crippen LogP contribution in [0, 0.1) is 0 Å². The molecule has 4 heteroatoms. The summed E-state index contributed by atoms with van der Waals surface area (Å²) in [7, 11) is 0. The average Bonchev–Trinajstić information content (AvgIpc) is 2.77. The number of nitrogens with zero attached hydrogens (tertiary/aromatic N) is 1. The van der Waals surface area contributed by atoms with E-state index in [2.05, 4.69) is 4.98 Å². The van der Waals surface area contributed by atoms with Crippen LogP contribution in [0.15, 0.2) is 29.6 Å². The van der Waals surface area contributed by atoms with E-state index < -0.39 is 0 Å². The number of thiazole rings is 1. The van der Waals surface area contributed by atoms with Crippen molar-refractivity contribution in [2.24, 2.45) is 0 Å². The maximum atomic E-state index is 11.4. The van der Waals surface area contributed by atoms with E-state index >= 15 is 0 Å². The summed E-state index contributed by atoms with van der Waals surface area (Å²) in [5, 5.41) is 2.38. The Labute approximate surface area is 96.8 Å². The molecular weight excluding hydrogens is 222 g/mol. The Morgan fingerprint density at radius 1 is 1.38 bits per heavy atom. The van der Waals surface area contributed by atoms with Gasteiger partial charge in [0.05, 0.1) is 0 Å². The molecule has 2 rings (SSSR count). The second kappa shape index (κ2) is 4.37. The molecule has 1 aromatic carbocycles. The van der Waals surface area contributed by atoms with E-state index in [0.29, 0.717) is 22.6 Å². The number of rotatable bonds is 3. The number of carbonyl (C=O) groups excluding carboxylic acids is 2. The van der Waals surface area contributed by atoms with Crippen LogP contribution in [0.3, 0.4) is 0 Å². The average molecular weight is 231 g/mol. The lowest BCUT2D eigenvalue weighted by Gasteiger charge is -2.02. The summed E-state index contributed by atoms with van der Waals surface area (Å²) in [4.78, 5) is 26.1. The second-order valence-corrected chi connectivity index (χ2v) is 4.16. The van der Waals surface area contributed by atoms with Crippen molar-refractivity contribution in [2.45, 2.75) is 6.92 Å². The van der Waals surface area contributed by atoms with Crippen LogP contribution in [0.4, 0.5) is 0 Å². The summed E-state index contributed by atoms with van der Waals surface area (Å²) >= 11 is 1.36. The predicted octanol–water partition coefficient (Wildman–Crippen LogP) is 2.83. The largest absolute Gasteiger partial charge is 0.296 e. The van der Waals surface area contributed by atoms with Crippen molar-refractivity contribution < 1.29 is 9.59 Å². The molecule has 0 unspecified atom stereocenters. The van der Waals surface area contributed by atoms with Crippen LogP contribution >= 0.6 is 11.3 Å². The van der Waals surface area contributed by atoms with Gasteiger partial charge in [0.25, 0.3) is 0 Å². The van der Waals surface area contributed by atoms with E-state index in [-0.39, 0.29) is 5.78 Å². The summed E-state index contributed by atoms with van der Waals surface area (Å²) < 4.78 is 0. The van der Waals surface area contributed by atoms with Gasteiger partial charge >= 0.3 is 0 Å². The zero-order valence-corrected chi connectivity index (χ0v) is 9.45. The number of hydrogen-bond donors (Lipinski definition) is 0. The standard InChI is InChI=1S/C12H9NO2S/c1-8(15)10-4-2-3-5-11(10)12-13-9(6-14)7-16-12/h2-7H,1H3. The minimum Gasteiger partial charge on any atom is -0.296 e. The Morgan fingerprint density at radius 3 is 2.75 bits per heavy atom. The SMILES string of the molecule is CC(=O)c1ccccc1-c1nc(C=O)cs1. The third-order valence-corrected chi connectivity index (χ3v) is 3.07. The molecule has 0 spiro atoms. The molecule has 0 saturated carbocycles. The van der Waals surface area contributed by atoms with Gasteiger partial charge in [0.1, 0.15) is 10.7 Å². The zero-order valence-electron chi connectivity index (χ0n) is 8.64. The molecule has 16 heavy (non-hydrogen) atoms. The number of hydrogen-bond acceptors (Lipinski definition) is 4. The number of aldehydes is 1. The van der Waals surface area contributed by atoms with Crippen molar-refractivity contribution in [3.63, 3.8) is 0 Å². The molecule has 2 aromatic rings. The van der Waals surface area contributed by atoms with Gasteiger partial charge in [0, 0.05) is 16.5 Å². The van der Waals surface area contributed by atoms with Crippen LogP contribution in [0.5, 0.6) is 0 Å².